The van der Waals surface area contributed by atoms with E-state index in [1.165, 1.54) is 0 Å². The summed E-state index contributed by atoms with van der Waals surface area (Å²) in [5.41, 5.74) is 5.44. The molecular formula is C14H31NO4S. The number of ether oxygens (including phenoxy) is 3. The molecule has 0 radical (unpaired) electrons. The SMILES string of the molecule is CCCCOCCOCCOCCS(=O)C(C)CCN. The molecular weight excluding hydrogens is 278 g/mol. The third kappa shape index (κ3) is 13.0. The Bertz CT molecular complexity index is 229. The van der Waals surface area contributed by atoms with E-state index >= 15 is 0 Å². The van der Waals surface area contributed by atoms with Crippen LogP contribution >= 0.6 is 0 Å². The molecule has 0 amide bonds. The lowest BCUT2D eigenvalue weighted by Crippen LogP contribution is -2.21. The van der Waals surface area contributed by atoms with Gasteiger partial charge in [0.1, 0.15) is 0 Å². The minimum Gasteiger partial charge on any atom is -0.379 e. The summed E-state index contributed by atoms with van der Waals surface area (Å²) in [5.74, 6) is 0.571. The van der Waals surface area contributed by atoms with Crippen molar-refractivity contribution in [3.05, 3.63) is 0 Å². The fourth-order valence-electron chi connectivity index (χ4n) is 1.50. The van der Waals surface area contributed by atoms with Crippen LogP contribution < -0.4 is 5.73 Å². The third-order valence-corrected chi connectivity index (χ3v) is 4.54. The summed E-state index contributed by atoms with van der Waals surface area (Å²) in [4.78, 5) is 0. The smallest absolute Gasteiger partial charge is 0.0701 e. The minimum atomic E-state index is -0.844. The van der Waals surface area contributed by atoms with E-state index in [1.807, 2.05) is 6.92 Å². The van der Waals surface area contributed by atoms with Gasteiger partial charge in [0.2, 0.25) is 0 Å². The van der Waals surface area contributed by atoms with Crippen molar-refractivity contribution >= 4 is 10.8 Å². The molecule has 2 N–H and O–H groups in total. The number of hydrogen-bond acceptors (Lipinski definition) is 5. The highest BCUT2D eigenvalue weighted by atomic mass is 32.2. The third-order valence-electron chi connectivity index (χ3n) is 2.84. The van der Waals surface area contributed by atoms with Crippen molar-refractivity contribution in [3.8, 4) is 0 Å². The molecule has 0 heterocycles. The zero-order valence-electron chi connectivity index (χ0n) is 13.0. The average molecular weight is 309 g/mol. The standard InChI is InChI=1S/C14H31NO4S/c1-3-4-7-17-8-9-18-10-11-19-12-13-20(16)14(2)5-6-15/h14H,3-13,15H2,1-2H3. The molecule has 0 bridgehead atoms. The lowest BCUT2D eigenvalue weighted by Gasteiger charge is -2.10. The second-order valence-electron chi connectivity index (χ2n) is 4.66. The molecule has 5 nitrogen and oxygen atoms in total. The first-order valence-electron chi connectivity index (χ1n) is 7.52. The van der Waals surface area contributed by atoms with E-state index in [-0.39, 0.29) is 5.25 Å². The van der Waals surface area contributed by atoms with Crippen LogP contribution in [-0.2, 0) is 25.0 Å². The summed E-state index contributed by atoms with van der Waals surface area (Å²) in [5, 5.41) is 0.153. The summed E-state index contributed by atoms with van der Waals surface area (Å²) in [6.45, 7) is 8.35. The monoisotopic (exact) mass is 309 g/mol. The van der Waals surface area contributed by atoms with Crippen LogP contribution in [0.4, 0.5) is 0 Å². The highest BCUT2D eigenvalue weighted by molar-refractivity contribution is 7.85. The van der Waals surface area contributed by atoms with Crippen LogP contribution in [0, 0.1) is 0 Å². The van der Waals surface area contributed by atoms with Gasteiger partial charge >= 0.3 is 0 Å². The van der Waals surface area contributed by atoms with Crippen molar-refractivity contribution < 1.29 is 18.4 Å². The molecule has 0 fully saturated rings. The van der Waals surface area contributed by atoms with Crippen LogP contribution in [0.5, 0.6) is 0 Å². The van der Waals surface area contributed by atoms with Gasteiger partial charge in [0, 0.05) is 28.4 Å². The predicted molar refractivity (Wildman–Crippen MR) is 83.5 cm³/mol. The second kappa shape index (κ2) is 15.4. The van der Waals surface area contributed by atoms with Crippen LogP contribution in [-0.4, -0.2) is 61.4 Å². The predicted octanol–water partition coefficient (Wildman–Crippen LogP) is 1.32. The Balaban J connectivity index is 3.18. The maximum absolute atomic E-state index is 11.7. The molecule has 0 aliphatic carbocycles. The lowest BCUT2D eigenvalue weighted by atomic mass is 10.3. The minimum absolute atomic E-state index is 0.153. The maximum atomic E-state index is 11.7. The van der Waals surface area contributed by atoms with Gasteiger partial charge in [-0.1, -0.05) is 20.3 Å². The first-order chi connectivity index (χ1) is 9.72. The van der Waals surface area contributed by atoms with E-state index in [0.29, 0.717) is 45.3 Å². The number of unbranched alkanes of at least 4 members (excludes halogenated alkanes) is 1. The van der Waals surface area contributed by atoms with Gasteiger partial charge < -0.3 is 19.9 Å². The summed E-state index contributed by atoms with van der Waals surface area (Å²) < 4.78 is 27.8. The fraction of sp³-hybridized carbons (Fsp3) is 1.00. The molecule has 0 aliphatic heterocycles. The van der Waals surface area contributed by atoms with E-state index in [1.54, 1.807) is 0 Å². The van der Waals surface area contributed by atoms with Gasteiger partial charge in [-0.3, -0.25) is 4.21 Å². The summed E-state index contributed by atoms with van der Waals surface area (Å²) in [6.07, 6.45) is 3.05. The molecule has 0 saturated carbocycles. The van der Waals surface area contributed by atoms with Crippen molar-refractivity contribution in [2.45, 2.75) is 38.4 Å². The second-order valence-corrected chi connectivity index (χ2v) is 6.64. The maximum Gasteiger partial charge on any atom is 0.0701 e. The molecule has 20 heavy (non-hydrogen) atoms. The largest absolute Gasteiger partial charge is 0.379 e. The Labute approximate surface area is 126 Å². The Morgan fingerprint density at radius 3 is 2.10 bits per heavy atom. The van der Waals surface area contributed by atoms with Crippen LogP contribution in [0.1, 0.15) is 33.1 Å². The highest BCUT2D eigenvalue weighted by Gasteiger charge is 2.09. The van der Waals surface area contributed by atoms with Crippen LogP contribution in [0.2, 0.25) is 0 Å². The molecule has 0 aromatic rings. The van der Waals surface area contributed by atoms with E-state index < -0.39 is 10.8 Å². The summed E-state index contributed by atoms with van der Waals surface area (Å²) >= 11 is 0. The first kappa shape index (κ1) is 20.0. The molecule has 2 unspecified atom stereocenters. The van der Waals surface area contributed by atoms with Crippen molar-refractivity contribution in [3.63, 3.8) is 0 Å². The van der Waals surface area contributed by atoms with Crippen LogP contribution in [0.15, 0.2) is 0 Å². The van der Waals surface area contributed by atoms with Gasteiger partial charge in [0.25, 0.3) is 0 Å². The number of hydrogen-bond donors (Lipinski definition) is 1. The van der Waals surface area contributed by atoms with E-state index in [9.17, 15) is 4.21 Å². The van der Waals surface area contributed by atoms with Gasteiger partial charge in [-0.05, 0) is 19.4 Å². The fourth-order valence-corrected chi connectivity index (χ4v) is 2.58. The van der Waals surface area contributed by atoms with Crippen LogP contribution in [0.3, 0.4) is 0 Å². The van der Waals surface area contributed by atoms with E-state index in [2.05, 4.69) is 6.92 Å². The molecule has 0 aromatic heterocycles. The lowest BCUT2D eigenvalue weighted by molar-refractivity contribution is 0.0168. The Hall–Kier alpha value is -0.0100. The first-order valence-corrected chi connectivity index (χ1v) is 8.91. The zero-order chi connectivity index (χ0) is 15.1. The normalized spacial score (nSPS) is 14.3. The molecule has 0 aliphatic rings. The molecule has 2 atom stereocenters. The van der Waals surface area contributed by atoms with Gasteiger partial charge in [-0.15, -0.1) is 0 Å². The van der Waals surface area contributed by atoms with Crippen molar-refractivity contribution in [2.75, 3.05) is 51.9 Å². The van der Waals surface area contributed by atoms with Gasteiger partial charge in [0.05, 0.1) is 33.0 Å². The van der Waals surface area contributed by atoms with E-state index in [4.69, 9.17) is 19.9 Å². The molecule has 0 rings (SSSR count). The van der Waals surface area contributed by atoms with Gasteiger partial charge in [-0.25, -0.2) is 0 Å². The van der Waals surface area contributed by atoms with Crippen molar-refractivity contribution in [1.29, 1.82) is 0 Å². The van der Waals surface area contributed by atoms with Gasteiger partial charge in [0.15, 0.2) is 0 Å². The van der Waals surface area contributed by atoms with Crippen molar-refractivity contribution in [2.24, 2.45) is 5.73 Å². The molecule has 0 saturated heterocycles. The average Bonchev–Trinajstić information content (AvgIpc) is 2.44. The molecule has 122 valence electrons. The topological polar surface area (TPSA) is 70.8 Å². The Morgan fingerprint density at radius 1 is 1.00 bits per heavy atom. The number of nitrogens with two attached hydrogens (primary N) is 1. The Kier molecular flexibility index (Phi) is 15.4. The Morgan fingerprint density at radius 2 is 1.55 bits per heavy atom. The summed E-state index contributed by atoms with van der Waals surface area (Å²) in [6, 6.07) is 0. The van der Waals surface area contributed by atoms with Crippen LogP contribution in [0.25, 0.3) is 0 Å². The zero-order valence-corrected chi connectivity index (χ0v) is 13.8. The highest BCUT2D eigenvalue weighted by Crippen LogP contribution is 2.00. The molecule has 6 heteroatoms. The summed E-state index contributed by atoms with van der Waals surface area (Å²) in [7, 11) is -0.844. The van der Waals surface area contributed by atoms with Gasteiger partial charge in [-0.2, -0.15) is 0 Å². The van der Waals surface area contributed by atoms with Crippen molar-refractivity contribution in [1.82, 2.24) is 0 Å². The molecule has 0 spiro atoms. The quantitative estimate of drug-likeness (QED) is 0.462. The molecule has 0 aromatic carbocycles. The van der Waals surface area contributed by atoms with E-state index in [0.717, 1.165) is 25.9 Å². The number of rotatable bonds is 15.